The van der Waals surface area contributed by atoms with Crippen molar-refractivity contribution in [2.24, 2.45) is 5.92 Å². The molecular weight excluding hydrogens is 268 g/mol. The molecule has 2 aromatic heterocycles. The molecule has 0 aliphatic carbocycles. The summed E-state index contributed by atoms with van der Waals surface area (Å²) in [5.41, 5.74) is 1.01. The van der Waals surface area contributed by atoms with Crippen molar-refractivity contribution in [3.63, 3.8) is 0 Å². The Hall–Kier alpha value is -1.95. The second kappa shape index (κ2) is 6.67. The van der Waals surface area contributed by atoms with Gasteiger partial charge >= 0.3 is 6.01 Å². The summed E-state index contributed by atoms with van der Waals surface area (Å²) in [4.78, 5) is 10.6. The molecule has 6 nitrogen and oxygen atoms in total. The fourth-order valence-corrected chi connectivity index (χ4v) is 2.59. The maximum Gasteiger partial charge on any atom is 0.316 e. The van der Waals surface area contributed by atoms with Gasteiger partial charge < -0.3 is 9.26 Å². The molecule has 6 heteroatoms. The molecule has 3 heterocycles. The largest absolute Gasteiger partial charge is 0.463 e. The van der Waals surface area contributed by atoms with Gasteiger partial charge in [0.25, 0.3) is 0 Å². The van der Waals surface area contributed by atoms with Gasteiger partial charge in [-0.15, -0.1) is 0 Å². The molecule has 0 aromatic carbocycles. The van der Waals surface area contributed by atoms with Crippen molar-refractivity contribution in [2.75, 3.05) is 19.7 Å². The van der Waals surface area contributed by atoms with E-state index in [9.17, 15) is 0 Å². The summed E-state index contributed by atoms with van der Waals surface area (Å²) in [5.74, 6) is 1.44. The Morgan fingerprint density at radius 3 is 2.71 bits per heavy atom. The van der Waals surface area contributed by atoms with E-state index in [1.165, 1.54) is 0 Å². The molecule has 3 rings (SSSR count). The first-order chi connectivity index (χ1) is 10.3. The summed E-state index contributed by atoms with van der Waals surface area (Å²) < 4.78 is 10.7. The Kier molecular flexibility index (Phi) is 4.45. The second-order valence-electron chi connectivity index (χ2n) is 5.49. The molecular formula is C15H20N4O2. The van der Waals surface area contributed by atoms with Crippen molar-refractivity contribution >= 4 is 0 Å². The van der Waals surface area contributed by atoms with Crippen LogP contribution in [-0.4, -0.2) is 39.7 Å². The van der Waals surface area contributed by atoms with Gasteiger partial charge in [0.15, 0.2) is 0 Å². The molecule has 0 N–H and O–H groups in total. The van der Waals surface area contributed by atoms with Crippen molar-refractivity contribution in [1.82, 2.24) is 20.0 Å². The van der Waals surface area contributed by atoms with Crippen LogP contribution in [0.15, 0.2) is 29.0 Å². The Morgan fingerprint density at radius 2 is 2.05 bits per heavy atom. The van der Waals surface area contributed by atoms with Crippen LogP contribution < -0.4 is 4.74 Å². The van der Waals surface area contributed by atoms with E-state index in [1.807, 2.05) is 13.0 Å². The molecule has 2 aromatic rings. The molecule has 1 aliphatic rings. The lowest BCUT2D eigenvalue weighted by Gasteiger charge is -2.30. The predicted molar refractivity (Wildman–Crippen MR) is 76.8 cm³/mol. The van der Waals surface area contributed by atoms with Crippen molar-refractivity contribution in [3.8, 4) is 6.01 Å². The highest BCUT2D eigenvalue weighted by Gasteiger charge is 2.20. The van der Waals surface area contributed by atoms with Gasteiger partial charge in [0, 0.05) is 25.0 Å². The lowest BCUT2D eigenvalue weighted by molar-refractivity contribution is 0.130. The number of rotatable bonds is 5. The SMILES string of the molecule is Cc1cc(CN2CCC(COc3ncccn3)CC2)no1. The monoisotopic (exact) mass is 288 g/mol. The molecule has 21 heavy (non-hydrogen) atoms. The summed E-state index contributed by atoms with van der Waals surface area (Å²) in [7, 11) is 0. The molecule has 0 atom stereocenters. The molecule has 0 amide bonds. The standard InChI is InChI=1S/C15H20N4O2/c1-12-9-14(18-21-12)10-19-7-3-13(4-8-19)11-20-15-16-5-2-6-17-15/h2,5-6,9,13H,3-4,7-8,10-11H2,1H3. The van der Waals surface area contributed by atoms with E-state index in [2.05, 4.69) is 20.0 Å². The third kappa shape index (κ3) is 4.01. The summed E-state index contributed by atoms with van der Waals surface area (Å²) in [5, 5.41) is 4.05. The number of likely N-dealkylation sites (tertiary alicyclic amines) is 1. The smallest absolute Gasteiger partial charge is 0.316 e. The lowest BCUT2D eigenvalue weighted by atomic mass is 9.98. The van der Waals surface area contributed by atoms with Gasteiger partial charge in [0.05, 0.1) is 12.3 Å². The van der Waals surface area contributed by atoms with Gasteiger partial charge in [-0.05, 0) is 44.8 Å². The average Bonchev–Trinajstić information content (AvgIpc) is 2.93. The summed E-state index contributed by atoms with van der Waals surface area (Å²) in [6.07, 6.45) is 5.66. The second-order valence-corrected chi connectivity index (χ2v) is 5.49. The van der Waals surface area contributed by atoms with Gasteiger partial charge in [-0.3, -0.25) is 4.90 Å². The lowest BCUT2D eigenvalue weighted by Crippen LogP contribution is -2.35. The topological polar surface area (TPSA) is 64.3 Å². The zero-order valence-electron chi connectivity index (χ0n) is 12.2. The van der Waals surface area contributed by atoms with E-state index >= 15 is 0 Å². The van der Waals surface area contributed by atoms with Gasteiger partial charge in [-0.25, -0.2) is 9.97 Å². The van der Waals surface area contributed by atoms with Crippen molar-refractivity contribution in [3.05, 3.63) is 36.0 Å². The number of aromatic nitrogens is 3. The first kappa shape index (κ1) is 14.0. The Labute approximate surface area is 124 Å². The van der Waals surface area contributed by atoms with Crippen LogP contribution in [-0.2, 0) is 6.54 Å². The minimum atomic E-state index is 0.470. The fourth-order valence-electron chi connectivity index (χ4n) is 2.59. The third-order valence-corrected chi connectivity index (χ3v) is 3.76. The van der Waals surface area contributed by atoms with Crippen LogP contribution in [0.3, 0.4) is 0 Å². The van der Waals surface area contributed by atoms with Gasteiger partial charge in [-0.2, -0.15) is 0 Å². The first-order valence-electron chi connectivity index (χ1n) is 7.34. The molecule has 0 saturated carbocycles. The quantitative estimate of drug-likeness (QED) is 0.839. The van der Waals surface area contributed by atoms with Crippen LogP contribution >= 0.6 is 0 Å². The zero-order valence-corrected chi connectivity index (χ0v) is 12.2. The average molecular weight is 288 g/mol. The molecule has 0 bridgehead atoms. The molecule has 0 radical (unpaired) electrons. The van der Waals surface area contributed by atoms with Crippen LogP contribution in [0.5, 0.6) is 6.01 Å². The molecule has 0 unspecified atom stereocenters. The van der Waals surface area contributed by atoms with Crippen LogP contribution in [0.25, 0.3) is 0 Å². The van der Waals surface area contributed by atoms with E-state index in [-0.39, 0.29) is 0 Å². The molecule has 1 saturated heterocycles. The molecule has 1 aliphatic heterocycles. The highest BCUT2D eigenvalue weighted by Crippen LogP contribution is 2.19. The minimum Gasteiger partial charge on any atom is -0.463 e. The summed E-state index contributed by atoms with van der Waals surface area (Å²) >= 11 is 0. The van der Waals surface area contributed by atoms with E-state index < -0.39 is 0 Å². The van der Waals surface area contributed by atoms with E-state index in [4.69, 9.17) is 9.26 Å². The Balaban J connectivity index is 1.40. The number of hydrogen-bond donors (Lipinski definition) is 0. The normalized spacial score (nSPS) is 17.0. The number of hydrogen-bond acceptors (Lipinski definition) is 6. The number of nitrogens with zero attached hydrogens (tertiary/aromatic N) is 4. The summed E-state index contributed by atoms with van der Waals surface area (Å²) in [6.45, 7) is 5.62. The number of aryl methyl sites for hydroxylation is 1. The van der Waals surface area contributed by atoms with E-state index in [1.54, 1.807) is 18.5 Å². The first-order valence-corrected chi connectivity index (χ1v) is 7.34. The fraction of sp³-hybridized carbons (Fsp3) is 0.533. The van der Waals surface area contributed by atoms with Crippen LogP contribution in [0.1, 0.15) is 24.3 Å². The van der Waals surface area contributed by atoms with Crippen molar-refractivity contribution < 1.29 is 9.26 Å². The maximum atomic E-state index is 5.63. The highest BCUT2D eigenvalue weighted by molar-refractivity contribution is 5.03. The van der Waals surface area contributed by atoms with E-state index in [0.717, 1.165) is 43.9 Å². The van der Waals surface area contributed by atoms with Gasteiger partial charge in [0.2, 0.25) is 0 Å². The van der Waals surface area contributed by atoms with E-state index in [0.29, 0.717) is 18.5 Å². The molecule has 0 spiro atoms. The number of ether oxygens (including phenoxy) is 1. The van der Waals surface area contributed by atoms with Crippen molar-refractivity contribution in [2.45, 2.75) is 26.3 Å². The molecule has 1 fully saturated rings. The minimum absolute atomic E-state index is 0.470. The van der Waals surface area contributed by atoms with Crippen molar-refractivity contribution in [1.29, 1.82) is 0 Å². The van der Waals surface area contributed by atoms with Gasteiger partial charge in [0.1, 0.15) is 5.76 Å². The summed E-state index contributed by atoms with van der Waals surface area (Å²) in [6, 6.07) is 4.26. The number of piperidine rings is 1. The maximum absolute atomic E-state index is 5.63. The van der Waals surface area contributed by atoms with Crippen LogP contribution in [0.4, 0.5) is 0 Å². The highest BCUT2D eigenvalue weighted by atomic mass is 16.5. The Morgan fingerprint density at radius 1 is 1.29 bits per heavy atom. The van der Waals surface area contributed by atoms with Gasteiger partial charge in [-0.1, -0.05) is 5.16 Å². The third-order valence-electron chi connectivity index (χ3n) is 3.76. The predicted octanol–water partition coefficient (Wildman–Crippen LogP) is 2.06. The van der Waals surface area contributed by atoms with Crippen LogP contribution in [0.2, 0.25) is 0 Å². The zero-order chi connectivity index (χ0) is 14.5. The molecule has 112 valence electrons. The Bertz CT molecular complexity index is 550. The van der Waals surface area contributed by atoms with Crippen LogP contribution in [0, 0.1) is 12.8 Å².